The first kappa shape index (κ1) is 11.3. The van der Waals surface area contributed by atoms with Gasteiger partial charge in [0.2, 0.25) is 0 Å². The number of nitroso groups, excluding NO2 is 1. The molecule has 0 amide bonds. The van der Waals surface area contributed by atoms with Gasteiger partial charge in [-0.15, -0.1) is 4.91 Å². The van der Waals surface area contributed by atoms with Crippen molar-refractivity contribution >= 4 is 17.8 Å². The standard InChI is InChI=1S/C15H13NO/c1-12-2-4-13(5-3-12)6-7-14-8-10-15(16-17)11-9-14/h2-11H,1H3/b7-6+. The molecule has 0 bridgehead atoms. The van der Waals surface area contributed by atoms with Crippen LogP contribution >= 0.6 is 0 Å². The Balaban J connectivity index is 2.14. The van der Waals surface area contributed by atoms with E-state index in [1.54, 1.807) is 12.1 Å². The number of benzene rings is 2. The van der Waals surface area contributed by atoms with E-state index in [0.717, 1.165) is 11.1 Å². The SMILES string of the molecule is Cc1ccc(/C=C/c2ccc(N=O)cc2)cc1. The van der Waals surface area contributed by atoms with Gasteiger partial charge >= 0.3 is 0 Å². The van der Waals surface area contributed by atoms with Crippen molar-refractivity contribution in [3.8, 4) is 0 Å². The maximum absolute atomic E-state index is 10.3. The van der Waals surface area contributed by atoms with Crippen LogP contribution in [-0.2, 0) is 0 Å². The lowest BCUT2D eigenvalue weighted by Crippen LogP contribution is -1.74. The van der Waals surface area contributed by atoms with Gasteiger partial charge in [0.1, 0.15) is 5.69 Å². The molecule has 0 fully saturated rings. The number of hydrogen-bond acceptors (Lipinski definition) is 2. The highest BCUT2D eigenvalue weighted by atomic mass is 16.3. The summed E-state index contributed by atoms with van der Waals surface area (Å²) in [6.07, 6.45) is 4.06. The zero-order valence-corrected chi connectivity index (χ0v) is 9.63. The smallest absolute Gasteiger partial charge is 0.108 e. The van der Waals surface area contributed by atoms with Crippen molar-refractivity contribution in [3.63, 3.8) is 0 Å². The molecule has 0 saturated carbocycles. The molecule has 2 heteroatoms. The molecule has 0 heterocycles. The molecule has 0 atom stereocenters. The van der Waals surface area contributed by atoms with E-state index >= 15 is 0 Å². The van der Waals surface area contributed by atoms with E-state index in [1.165, 1.54) is 5.56 Å². The van der Waals surface area contributed by atoms with Gasteiger partial charge in [-0.25, -0.2) is 0 Å². The molecule has 0 aromatic heterocycles. The van der Waals surface area contributed by atoms with Gasteiger partial charge in [-0.05, 0) is 35.4 Å². The van der Waals surface area contributed by atoms with Crippen molar-refractivity contribution in [2.24, 2.45) is 5.18 Å². The first-order chi connectivity index (χ1) is 8.28. The Morgan fingerprint density at radius 2 is 1.29 bits per heavy atom. The first-order valence-corrected chi connectivity index (χ1v) is 5.46. The maximum atomic E-state index is 10.3. The summed E-state index contributed by atoms with van der Waals surface area (Å²) in [6, 6.07) is 15.5. The highest BCUT2D eigenvalue weighted by Gasteiger charge is 1.91. The number of rotatable bonds is 3. The van der Waals surface area contributed by atoms with E-state index in [0.29, 0.717) is 5.69 Å². The minimum absolute atomic E-state index is 0.456. The number of aryl methyl sites for hydroxylation is 1. The molecule has 2 aromatic carbocycles. The van der Waals surface area contributed by atoms with Crippen molar-refractivity contribution in [2.45, 2.75) is 6.92 Å². The van der Waals surface area contributed by atoms with E-state index in [4.69, 9.17) is 0 Å². The van der Waals surface area contributed by atoms with E-state index in [2.05, 4.69) is 36.4 Å². The van der Waals surface area contributed by atoms with Gasteiger partial charge in [-0.1, -0.05) is 54.1 Å². The molecule has 2 nitrogen and oxygen atoms in total. The molecule has 0 saturated heterocycles. The van der Waals surface area contributed by atoms with Crippen LogP contribution in [0.2, 0.25) is 0 Å². The Bertz CT molecular complexity index is 524. The Kier molecular flexibility index (Phi) is 3.46. The Morgan fingerprint density at radius 3 is 1.76 bits per heavy atom. The van der Waals surface area contributed by atoms with Gasteiger partial charge in [0, 0.05) is 0 Å². The van der Waals surface area contributed by atoms with Crippen LogP contribution in [-0.4, -0.2) is 0 Å². The maximum Gasteiger partial charge on any atom is 0.108 e. The molecule has 0 N–H and O–H groups in total. The predicted octanol–water partition coefficient (Wildman–Crippen LogP) is 4.56. The summed E-state index contributed by atoms with van der Waals surface area (Å²) in [4.78, 5) is 10.3. The molecule has 0 radical (unpaired) electrons. The van der Waals surface area contributed by atoms with Crippen LogP contribution in [0, 0.1) is 11.8 Å². The summed E-state index contributed by atoms with van der Waals surface area (Å²) in [5.41, 5.74) is 3.92. The summed E-state index contributed by atoms with van der Waals surface area (Å²) in [6.45, 7) is 2.07. The Labute approximate surface area is 101 Å². The highest BCUT2D eigenvalue weighted by Crippen LogP contribution is 2.14. The molecule has 17 heavy (non-hydrogen) atoms. The third-order valence-electron chi connectivity index (χ3n) is 2.54. The van der Waals surface area contributed by atoms with Gasteiger partial charge in [0.05, 0.1) is 0 Å². The second-order valence-corrected chi connectivity index (χ2v) is 3.93. The summed E-state index contributed by atoms with van der Waals surface area (Å²) < 4.78 is 0. The molecule has 0 unspecified atom stereocenters. The second-order valence-electron chi connectivity index (χ2n) is 3.93. The lowest BCUT2D eigenvalue weighted by molar-refractivity contribution is 1.46. The first-order valence-electron chi connectivity index (χ1n) is 5.46. The molecule has 0 spiro atoms. The zero-order valence-electron chi connectivity index (χ0n) is 9.63. The van der Waals surface area contributed by atoms with Crippen LogP contribution in [0.3, 0.4) is 0 Å². The van der Waals surface area contributed by atoms with E-state index in [-0.39, 0.29) is 0 Å². The topological polar surface area (TPSA) is 29.4 Å². The van der Waals surface area contributed by atoms with Gasteiger partial charge in [-0.3, -0.25) is 0 Å². The van der Waals surface area contributed by atoms with Crippen LogP contribution < -0.4 is 0 Å². The number of hydrogen-bond donors (Lipinski definition) is 0. The minimum Gasteiger partial charge on any atom is -0.145 e. The molecule has 0 aliphatic carbocycles. The van der Waals surface area contributed by atoms with Crippen LogP contribution in [0.15, 0.2) is 53.7 Å². The Morgan fingerprint density at radius 1 is 0.824 bits per heavy atom. The summed E-state index contributed by atoms with van der Waals surface area (Å²) in [7, 11) is 0. The summed E-state index contributed by atoms with van der Waals surface area (Å²) in [5.74, 6) is 0. The third-order valence-corrected chi connectivity index (χ3v) is 2.54. The largest absolute Gasteiger partial charge is 0.145 e. The van der Waals surface area contributed by atoms with E-state index < -0.39 is 0 Å². The van der Waals surface area contributed by atoms with Crippen LogP contribution in [0.4, 0.5) is 5.69 Å². The molecule has 2 aromatic rings. The van der Waals surface area contributed by atoms with Crippen LogP contribution in [0.25, 0.3) is 12.2 Å². The third kappa shape index (κ3) is 3.11. The van der Waals surface area contributed by atoms with Gasteiger partial charge in [-0.2, -0.15) is 0 Å². The fraction of sp³-hybridized carbons (Fsp3) is 0.0667. The Hall–Kier alpha value is -2.22. The lowest BCUT2D eigenvalue weighted by atomic mass is 10.1. The van der Waals surface area contributed by atoms with Gasteiger partial charge < -0.3 is 0 Å². The second kappa shape index (κ2) is 5.21. The van der Waals surface area contributed by atoms with Crippen molar-refractivity contribution in [3.05, 3.63) is 70.1 Å². The van der Waals surface area contributed by atoms with Crippen LogP contribution in [0.5, 0.6) is 0 Å². The molecule has 0 aliphatic rings. The molecule has 2 rings (SSSR count). The lowest BCUT2D eigenvalue weighted by Gasteiger charge is -1.96. The average Bonchev–Trinajstić information content (AvgIpc) is 2.39. The summed E-state index contributed by atoms with van der Waals surface area (Å²) in [5, 5.41) is 2.87. The molecular formula is C15H13NO. The van der Waals surface area contributed by atoms with Crippen molar-refractivity contribution < 1.29 is 0 Å². The van der Waals surface area contributed by atoms with E-state index in [9.17, 15) is 4.91 Å². The summed E-state index contributed by atoms with van der Waals surface area (Å²) >= 11 is 0. The molecule has 0 aliphatic heterocycles. The van der Waals surface area contributed by atoms with Gasteiger partial charge in [0.15, 0.2) is 0 Å². The average molecular weight is 223 g/mol. The monoisotopic (exact) mass is 223 g/mol. The van der Waals surface area contributed by atoms with Crippen LogP contribution in [0.1, 0.15) is 16.7 Å². The normalized spacial score (nSPS) is 10.6. The molecular weight excluding hydrogens is 210 g/mol. The zero-order chi connectivity index (χ0) is 12.1. The van der Waals surface area contributed by atoms with Crippen molar-refractivity contribution in [2.75, 3.05) is 0 Å². The molecule has 84 valence electrons. The number of nitrogens with zero attached hydrogens (tertiary/aromatic N) is 1. The highest BCUT2D eigenvalue weighted by molar-refractivity contribution is 5.70. The predicted molar refractivity (Wildman–Crippen MR) is 72.0 cm³/mol. The fourth-order valence-corrected chi connectivity index (χ4v) is 1.52. The van der Waals surface area contributed by atoms with Crippen molar-refractivity contribution in [1.82, 2.24) is 0 Å². The van der Waals surface area contributed by atoms with Crippen molar-refractivity contribution in [1.29, 1.82) is 0 Å². The fourth-order valence-electron chi connectivity index (χ4n) is 1.52. The minimum atomic E-state index is 0.456. The quantitative estimate of drug-likeness (QED) is 0.554. The van der Waals surface area contributed by atoms with E-state index in [1.807, 2.05) is 24.3 Å². The van der Waals surface area contributed by atoms with Gasteiger partial charge in [0.25, 0.3) is 0 Å².